The van der Waals surface area contributed by atoms with Crippen LogP contribution >= 0.6 is 35.4 Å². The summed E-state index contributed by atoms with van der Waals surface area (Å²) in [4.78, 5) is 0. The largest absolute Gasteiger partial charge is 0.490 e. The van der Waals surface area contributed by atoms with Crippen LogP contribution in [0.5, 0.6) is 11.5 Å². The summed E-state index contributed by atoms with van der Waals surface area (Å²) in [5.74, 6) is 2.07. The topological polar surface area (TPSA) is 64.1 Å². The number of hydrogen-bond acceptors (Lipinski definition) is 5. The Kier molecular flexibility index (Phi) is 6.83. The molecule has 148 valence electrons. The van der Waals surface area contributed by atoms with E-state index in [1.807, 2.05) is 38.1 Å². The van der Waals surface area contributed by atoms with E-state index >= 15 is 0 Å². The second kappa shape index (κ2) is 9.32. The van der Waals surface area contributed by atoms with Gasteiger partial charge in [-0.15, -0.1) is 0 Å². The lowest BCUT2D eigenvalue weighted by Crippen LogP contribution is -2.16. The Hall–Kier alpha value is -2.22. The Bertz CT molecular complexity index is 1020. The van der Waals surface area contributed by atoms with Crippen LogP contribution in [-0.4, -0.2) is 21.5 Å². The van der Waals surface area contributed by atoms with Crippen LogP contribution in [0.3, 0.4) is 0 Å². The molecule has 0 aliphatic heterocycles. The highest BCUT2D eigenvalue weighted by atomic mass is 35.5. The van der Waals surface area contributed by atoms with E-state index in [0.717, 1.165) is 17.0 Å². The van der Waals surface area contributed by atoms with Crippen molar-refractivity contribution in [3.63, 3.8) is 0 Å². The number of benzene rings is 2. The highest BCUT2D eigenvalue weighted by Gasteiger charge is 2.09. The third kappa shape index (κ3) is 4.98. The van der Waals surface area contributed by atoms with Gasteiger partial charge < -0.3 is 14.9 Å². The zero-order valence-electron chi connectivity index (χ0n) is 15.5. The molecule has 6 nitrogen and oxygen atoms in total. The first-order chi connectivity index (χ1) is 13.5. The van der Waals surface area contributed by atoms with E-state index in [9.17, 15) is 0 Å². The minimum Gasteiger partial charge on any atom is -0.490 e. The zero-order valence-corrected chi connectivity index (χ0v) is 17.8. The first-order valence-electron chi connectivity index (χ1n) is 8.68. The van der Waals surface area contributed by atoms with Crippen LogP contribution < -0.4 is 14.9 Å². The normalized spacial score (nSPS) is 10.7. The maximum absolute atomic E-state index is 6.22. The van der Waals surface area contributed by atoms with Gasteiger partial charge in [0, 0.05) is 15.6 Å². The third-order valence-electron chi connectivity index (χ3n) is 3.99. The van der Waals surface area contributed by atoms with Gasteiger partial charge in [0.2, 0.25) is 4.77 Å². The van der Waals surface area contributed by atoms with E-state index in [-0.39, 0.29) is 0 Å². The van der Waals surface area contributed by atoms with E-state index in [2.05, 4.69) is 15.6 Å². The van der Waals surface area contributed by atoms with Gasteiger partial charge in [0.15, 0.2) is 11.5 Å². The molecule has 0 spiro atoms. The lowest BCUT2D eigenvalue weighted by atomic mass is 10.2. The predicted octanol–water partition coefficient (Wildman–Crippen LogP) is 5.28. The van der Waals surface area contributed by atoms with E-state index in [1.54, 1.807) is 16.8 Å². The summed E-state index contributed by atoms with van der Waals surface area (Å²) in [6, 6.07) is 11.1. The Morgan fingerprint density at radius 2 is 1.96 bits per heavy atom. The minimum atomic E-state index is 0.317. The van der Waals surface area contributed by atoms with Gasteiger partial charge in [-0.3, -0.25) is 5.10 Å². The van der Waals surface area contributed by atoms with Gasteiger partial charge in [-0.05, 0) is 55.9 Å². The Morgan fingerprint density at radius 3 is 2.64 bits per heavy atom. The van der Waals surface area contributed by atoms with E-state index < -0.39 is 0 Å². The number of ether oxygens (including phenoxy) is 2. The Morgan fingerprint density at radius 1 is 1.14 bits per heavy atom. The van der Waals surface area contributed by atoms with Gasteiger partial charge in [0.25, 0.3) is 0 Å². The molecule has 0 aliphatic carbocycles. The molecule has 28 heavy (non-hydrogen) atoms. The fourth-order valence-electron chi connectivity index (χ4n) is 2.58. The van der Waals surface area contributed by atoms with Crippen molar-refractivity contribution in [3.05, 3.63) is 68.2 Å². The molecule has 3 rings (SSSR count). The van der Waals surface area contributed by atoms with E-state index in [4.69, 9.17) is 44.9 Å². The minimum absolute atomic E-state index is 0.317. The summed E-state index contributed by atoms with van der Waals surface area (Å²) < 4.78 is 13.9. The number of halogens is 2. The molecule has 1 heterocycles. The van der Waals surface area contributed by atoms with Gasteiger partial charge in [-0.1, -0.05) is 35.3 Å². The van der Waals surface area contributed by atoms with Crippen LogP contribution in [0.1, 0.15) is 23.9 Å². The van der Waals surface area contributed by atoms with Crippen LogP contribution in [0.25, 0.3) is 0 Å². The fraction of sp³-hybridized carbons (Fsp3) is 0.263. The SMILES string of the molecule is CCOc1cc(CNn2c(C)n[nH]c2=S)ccc1OCc1ccc(Cl)cc1Cl. The molecule has 0 amide bonds. The summed E-state index contributed by atoms with van der Waals surface area (Å²) in [7, 11) is 0. The van der Waals surface area contributed by atoms with Crippen LogP contribution in [0.2, 0.25) is 10.0 Å². The van der Waals surface area contributed by atoms with Crippen molar-refractivity contribution < 1.29 is 9.47 Å². The standard InChI is InChI=1S/C19H20Cl2N4O2S/c1-3-26-18-8-13(10-22-25-12(2)23-24-19(25)28)4-7-17(18)27-11-14-5-6-15(20)9-16(14)21/h4-9,22H,3,10-11H2,1-2H3,(H,24,28). The molecule has 2 N–H and O–H groups in total. The number of aryl methyl sites for hydroxylation is 1. The average Bonchev–Trinajstić information content (AvgIpc) is 2.98. The molecular weight excluding hydrogens is 419 g/mol. The van der Waals surface area contributed by atoms with Crippen molar-refractivity contribution >= 4 is 35.4 Å². The number of H-pyrrole nitrogens is 1. The fourth-order valence-corrected chi connectivity index (χ4v) is 3.28. The zero-order chi connectivity index (χ0) is 20.1. The molecule has 3 aromatic rings. The van der Waals surface area contributed by atoms with Gasteiger partial charge in [-0.25, -0.2) is 4.68 Å². The summed E-state index contributed by atoms with van der Waals surface area (Å²) in [5, 5.41) is 7.98. The first-order valence-corrected chi connectivity index (χ1v) is 9.84. The number of aromatic amines is 1. The monoisotopic (exact) mass is 438 g/mol. The van der Waals surface area contributed by atoms with Crippen molar-refractivity contribution in [1.29, 1.82) is 0 Å². The van der Waals surface area contributed by atoms with Crippen molar-refractivity contribution in [2.45, 2.75) is 27.0 Å². The molecule has 9 heteroatoms. The summed E-state index contributed by atoms with van der Waals surface area (Å²) in [6.07, 6.45) is 0. The number of nitrogens with one attached hydrogen (secondary N) is 2. The molecule has 2 aromatic carbocycles. The summed E-state index contributed by atoms with van der Waals surface area (Å²) in [6.45, 7) is 5.19. The van der Waals surface area contributed by atoms with Crippen molar-refractivity contribution in [2.75, 3.05) is 12.0 Å². The van der Waals surface area contributed by atoms with E-state index in [0.29, 0.717) is 46.1 Å². The summed E-state index contributed by atoms with van der Waals surface area (Å²) in [5.41, 5.74) is 5.10. The van der Waals surface area contributed by atoms with Gasteiger partial charge >= 0.3 is 0 Å². The van der Waals surface area contributed by atoms with Crippen molar-refractivity contribution in [2.24, 2.45) is 0 Å². The van der Waals surface area contributed by atoms with E-state index in [1.165, 1.54) is 0 Å². The molecule has 0 bridgehead atoms. The molecule has 0 atom stereocenters. The molecule has 0 radical (unpaired) electrons. The van der Waals surface area contributed by atoms with Crippen molar-refractivity contribution in [3.8, 4) is 11.5 Å². The van der Waals surface area contributed by atoms with Gasteiger partial charge in [0.1, 0.15) is 12.4 Å². The number of aromatic nitrogens is 3. The molecule has 0 saturated heterocycles. The second-order valence-electron chi connectivity index (χ2n) is 5.98. The lowest BCUT2D eigenvalue weighted by molar-refractivity contribution is 0.269. The molecule has 0 unspecified atom stereocenters. The maximum Gasteiger partial charge on any atom is 0.214 e. The Labute approximate surface area is 178 Å². The average molecular weight is 439 g/mol. The maximum atomic E-state index is 6.22. The van der Waals surface area contributed by atoms with Crippen molar-refractivity contribution in [1.82, 2.24) is 14.9 Å². The van der Waals surface area contributed by atoms with Crippen LogP contribution in [0.4, 0.5) is 0 Å². The van der Waals surface area contributed by atoms with Gasteiger partial charge in [-0.2, -0.15) is 5.10 Å². The number of hydrogen-bond donors (Lipinski definition) is 2. The molecular formula is C19H20Cl2N4O2S. The second-order valence-corrected chi connectivity index (χ2v) is 7.22. The quantitative estimate of drug-likeness (QED) is 0.468. The number of nitrogens with zero attached hydrogens (tertiary/aromatic N) is 2. The highest BCUT2D eigenvalue weighted by Crippen LogP contribution is 2.30. The third-order valence-corrected chi connectivity index (χ3v) is 4.85. The molecule has 0 saturated carbocycles. The summed E-state index contributed by atoms with van der Waals surface area (Å²) >= 11 is 17.3. The molecule has 0 fully saturated rings. The number of rotatable bonds is 8. The first kappa shape index (κ1) is 20.5. The van der Waals surface area contributed by atoms with Crippen LogP contribution in [-0.2, 0) is 13.2 Å². The predicted molar refractivity (Wildman–Crippen MR) is 114 cm³/mol. The van der Waals surface area contributed by atoms with Gasteiger partial charge in [0.05, 0.1) is 13.2 Å². The smallest absolute Gasteiger partial charge is 0.214 e. The Balaban J connectivity index is 1.72. The molecule has 1 aromatic heterocycles. The van der Waals surface area contributed by atoms with Crippen LogP contribution in [0, 0.1) is 11.7 Å². The molecule has 0 aliphatic rings. The highest BCUT2D eigenvalue weighted by molar-refractivity contribution is 7.71. The van der Waals surface area contributed by atoms with Crippen LogP contribution in [0.15, 0.2) is 36.4 Å². The lowest BCUT2D eigenvalue weighted by Gasteiger charge is -2.15.